The van der Waals surface area contributed by atoms with Crippen molar-refractivity contribution in [1.82, 2.24) is 14.7 Å². The van der Waals surface area contributed by atoms with Gasteiger partial charge in [0.1, 0.15) is 0 Å². The SMILES string of the molecule is CC1CCCN(Cc2ccc(C(=O)N3CCN(C=O)CC3)cc2)C1. The summed E-state index contributed by atoms with van der Waals surface area (Å²) in [7, 11) is 0. The first-order valence-electron chi connectivity index (χ1n) is 8.95. The van der Waals surface area contributed by atoms with Crippen LogP contribution in [-0.4, -0.2) is 66.3 Å². The molecule has 2 aliphatic rings. The van der Waals surface area contributed by atoms with Crippen molar-refractivity contribution in [3.8, 4) is 0 Å². The molecule has 2 fully saturated rings. The molecule has 1 atom stereocenters. The monoisotopic (exact) mass is 329 g/mol. The second kappa shape index (κ2) is 7.79. The third-order valence-electron chi connectivity index (χ3n) is 5.10. The second-order valence-corrected chi connectivity index (χ2v) is 7.11. The lowest BCUT2D eigenvalue weighted by atomic mass is 9.99. The number of carbonyl (C=O) groups excluding carboxylic acids is 2. The van der Waals surface area contributed by atoms with Gasteiger partial charge in [0.05, 0.1) is 0 Å². The summed E-state index contributed by atoms with van der Waals surface area (Å²) in [5, 5.41) is 0. The van der Waals surface area contributed by atoms with Gasteiger partial charge in [0.25, 0.3) is 5.91 Å². The van der Waals surface area contributed by atoms with Gasteiger partial charge in [-0.2, -0.15) is 0 Å². The van der Waals surface area contributed by atoms with Gasteiger partial charge in [0, 0.05) is 44.8 Å². The van der Waals surface area contributed by atoms with Gasteiger partial charge in [0.2, 0.25) is 6.41 Å². The van der Waals surface area contributed by atoms with Crippen molar-refractivity contribution in [2.45, 2.75) is 26.3 Å². The Morgan fingerprint density at radius 3 is 2.46 bits per heavy atom. The standard InChI is InChI=1S/C19H27N3O2/c1-16-3-2-8-21(13-16)14-17-4-6-18(7-5-17)19(24)22-11-9-20(15-23)10-12-22/h4-7,15-16H,2-3,8-14H2,1H3. The molecule has 1 unspecified atom stereocenters. The Labute approximate surface area is 144 Å². The van der Waals surface area contributed by atoms with Crippen LogP contribution in [0.1, 0.15) is 35.7 Å². The lowest BCUT2D eigenvalue weighted by Gasteiger charge is -2.32. The Bertz CT molecular complexity index is 564. The normalized spacial score (nSPS) is 22.5. The van der Waals surface area contributed by atoms with Crippen LogP contribution in [0.25, 0.3) is 0 Å². The van der Waals surface area contributed by atoms with Gasteiger partial charge in [-0.15, -0.1) is 0 Å². The van der Waals surface area contributed by atoms with Crippen molar-refractivity contribution >= 4 is 12.3 Å². The summed E-state index contributed by atoms with van der Waals surface area (Å²) in [5.74, 6) is 0.850. The van der Waals surface area contributed by atoms with Crippen LogP contribution in [0.3, 0.4) is 0 Å². The average molecular weight is 329 g/mol. The molecule has 0 radical (unpaired) electrons. The zero-order valence-electron chi connectivity index (χ0n) is 14.5. The van der Waals surface area contributed by atoms with Crippen LogP contribution in [0.5, 0.6) is 0 Å². The van der Waals surface area contributed by atoms with Crippen LogP contribution in [-0.2, 0) is 11.3 Å². The van der Waals surface area contributed by atoms with Crippen LogP contribution >= 0.6 is 0 Å². The molecule has 0 aliphatic carbocycles. The van der Waals surface area contributed by atoms with E-state index in [0.29, 0.717) is 26.2 Å². The third kappa shape index (κ3) is 4.15. The Balaban J connectivity index is 1.56. The molecule has 0 aromatic heterocycles. The number of piperidine rings is 1. The summed E-state index contributed by atoms with van der Waals surface area (Å²) in [6.07, 6.45) is 3.48. The zero-order chi connectivity index (χ0) is 16.9. The van der Waals surface area contributed by atoms with E-state index in [2.05, 4.69) is 24.0 Å². The minimum absolute atomic E-state index is 0.0682. The third-order valence-corrected chi connectivity index (χ3v) is 5.10. The van der Waals surface area contributed by atoms with E-state index < -0.39 is 0 Å². The molecule has 24 heavy (non-hydrogen) atoms. The minimum atomic E-state index is 0.0682. The number of hydrogen-bond donors (Lipinski definition) is 0. The van der Waals surface area contributed by atoms with Crippen LogP contribution in [0.2, 0.25) is 0 Å². The number of amides is 2. The maximum atomic E-state index is 12.5. The molecule has 2 saturated heterocycles. The topological polar surface area (TPSA) is 43.9 Å². The van der Waals surface area contributed by atoms with Crippen LogP contribution in [0.4, 0.5) is 0 Å². The molecule has 1 aromatic carbocycles. The van der Waals surface area contributed by atoms with E-state index in [0.717, 1.165) is 24.4 Å². The number of rotatable bonds is 4. The van der Waals surface area contributed by atoms with E-state index in [1.807, 2.05) is 17.0 Å². The Hall–Kier alpha value is -1.88. The van der Waals surface area contributed by atoms with Crippen molar-refractivity contribution in [2.75, 3.05) is 39.3 Å². The lowest BCUT2D eigenvalue weighted by Crippen LogP contribution is -2.48. The molecule has 2 aliphatic heterocycles. The average Bonchev–Trinajstić information content (AvgIpc) is 2.62. The van der Waals surface area contributed by atoms with Crippen molar-refractivity contribution in [3.63, 3.8) is 0 Å². The summed E-state index contributed by atoms with van der Waals surface area (Å²) in [6.45, 7) is 8.11. The molecule has 130 valence electrons. The number of likely N-dealkylation sites (tertiary alicyclic amines) is 1. The molecule has 2 heterocycles. The van der Waals surface area contributed by atoms with E-state index in [4.69, 9.17) is 0 Å². The first kappa shape index (κ1) is 17.0. The molecule has 2 amide bonds. The van der Waals surface area contributed by atoms with Crippen LogP contribution in [0, 0.1) is 5.92 Å². The van der Waals surface area contributed by atoms with Crippen LogP contribution in [0.15, 0.2) is 24.3 Å². The van der Waals surface area contributed by atoms with E-state index in [1.165, 1.54) is 31.5 Å². The summed E-state index contributed by atoms with van der Waals surface area (Å²) in [6, 6.07) is 8.04. The molecular formula is C19H27N3O2. The fourth-order valence-corrected chi connectivity index (χ4v) is 3.65. The minimum Gasteiger partial charge on any atom is -0.342 e. The van der Waals surface area contributed by atoms with Gasteiger partial charge in [-0.25, -0.2) is 0 Å². The second-order valence-electron chi connectivity index (χ2n) is 7.11. The van der Waals surface area contributed by atoms with Crippen molar-refractivity contribution in [2.24, 2.45) is 5.92 Å². The summed E-state index contributed by atoms with van der Waals surface area (Å²) in [4.78, 5) is 29.3. The Morgan fingerprint density at radius 2 is 1.83 bits per heavy atom. The molecule has 5 heteroatoms. The number of piperazine rings is 1. The van der Waals surface area contributed by atoms with Crippen molar-refractivity contribution in [3.05, 3.63) is 35.4 Å². The predicted molar refractivity (Wildman–Crippen MR) is 93.7 cm³/mol. The molecule has 0 spiro atoms. The molecule has 0 bridgehead atoms. The van der Waals surface area contributed by atoms with E-state index in [1.54, 1.807) is 4.90 Å². The molecule has 1 aromatic rings. The van der Waals surface area contributed by atoms with Gasteiger partial charge in [-0.3, -0.25) is 14.5 Å². The first-order chi connectivity index (χ1) is 11.7. The molecule has 0 saturated carbocycles. The smallest absolute Gasteiger partial charge is 0.253 e. The Kier molecular flexibility index (Phi) is 5.51. The fraction of sp³-hybridized carbons (Fsp3) is 0.579. The highest BCUT2D eigenvalue weighted by molar-refractivity contribution is 5.94. The van der Waals surface area contributed by atoms with Gasteiger partial charge < -0.3 is 9.80 Å². The highest BCUT2D eigenvalue weighted by Gasteiger charge is 2.21. The fourth-order valence-electron chi connectivity index (χ4n) is 3.65. The molecular weight excluding hydrogens is 302 g/mol. The number of hydrogen-bond acceptors (Lipinski definition) is 3. The number of benzene rings is 1. The van der Waals surface area contributed by atoms with Gasteiger partial charge in [0.15, 0.2) is 0 Å². The first-order valence-corrected chi connectivity index (χ1v) is 8.95. The zero-order valence-corrected chi connectivity index (χ0v) is 14.5. The van der Waals surface area contributed by atoms with Crippen molar-refractivity contribution in [1.29, 1.82) is 0 Å². The van der Waals surface area contributed by atoms with Crippen molar-refractivity contribution < 1.29 is 9.59 Å². The largest absolute Gasteiger partial charge is 0.342 e. The van der Waals surface area contributed by atoms with Gasteiger partial charge in [-0.05, 0) is 43.0 Å². The predicted octanol–water partition coefficient (Wildman–Crippen LogP) is 1.83. The van der Waals surface area contributed by atoms with Crippen LogP contribution < -0.4 is 0 Å². The van der Waals surface area contributed by atoms with Gasteiger partial charge >= 0.3 is 0 Å². The maximum absolute atomic E-state index is 12.5. The molecule has 0 N–H and O–H groups in total. The van der Waals surface area contributed by atoms with E-state index >= 15 is 0 Å². The van der Waals surface area contributed by atoms with E-state index in [-0.39, 0.29) is 5.91 Å². The molecule has 3 rings (SSSR count). The maximum Gasteiger partial charge on any atom is 0.253 e. The number of nitrogens with zero attached hydrogens (tertiary/aromatic N) is 3. The summed E-state index contributed by atoms with van der Waals surface area (Å²) < 4.78 is 0. The van der Waals surface area contributed by atoms with E-state index in [9.17, 15) is 9.59 Å². The Morgan fingerprint density at radius 1 is 1.12 bits per heavy atom. The number of carbonyl (C=O) groups is 2. The summed E-state index contributed by atoms with van der Waals surface area (Å²) in [5.41, 5.74) is 2.01. The molecule has 5 nitrogen and oxygen atoms in total. The highest BCUT2D eigenvalue weighted by Crippen LogP contribution is 2.18. The highest BCUT2D eigenvalue weighted by atomic mass is 16.2. The summed E-state index contributed by atoms with van der Waals surface area (Å²) >= 11 is 0. The van der Waals surface area contributed by atoms with Gasteiger partial charge in [-0.1, -0.05) is 19.1 Å². The lowest BCUT2D eigenvalue weighted by molar-refractivity contribution is -0.119. The quantitative estimate of drug-likeness (QED) is 0.792.